The third-order valence-electron chi connectivity index (χ3n) is 4.33. The van der Waals surface area contributed by atoms with Crippen molar-refractivity contribution in [3.8, 4) is 0 Å². The SMILES string of the molecule is CC1(C)CCCNC1CNCC1CCCCO1. The summed E-state index contributed by atoms with van der Waals surface area (Å²) in [5.41, 5.74) is 0.429. The van der Waals surface area contributed by atoms with Crippen molar-refractivity contribution in [1.29, 1.82) is 0 Å². The monoisotopic (exact) mass is 240 g/mol. The Morgan fingerprint density at radius 2 is 2.12 bits per heavy atom. The van der Waals surface area contributed by atoms with E-state index in [2.05, 4.69) is 24.5 Å². The summed E-state index contributed by atoms with van der Waals surface area (Å²) >= 11 is 0. The van der Waals surface area contributed by atoms with Gasteiger partial charge in [0.25, 0.3) is 0 Å². The Kier molecular flexibility index (Phi) is 4.83. The summed E-state index contributed by atoms with van der Waals surface area (Å²) in [6, 6.07) is 0.611. The molecule has 17 heavy (non-hydrogen) atoms. The topological polar surface area (TPSA) is 33.3 Å². The van der Waals surface area contributed by atoms with E-state index >= 15 is 0 Å². The summed E-state index contributed by atoms with van der Waals surface area (Å²) in [6.07, 6.45) is 6.92. The fourth-order valence-electron chi connectivity index (χ4n) is 2.98. The second-order valence-electron chi connectivity index (χ2n) is 6.25. The quantitative estimate of drug-likeness (QED) is 0.788. The van der Waals surface area contributed by atoms with Gasteiger partial charge in [-0.25, -0.2) is 0 Å². The molecule has 2 N–H and O–H groups in total. The number of hydrogen-bond donors (Lipinski definition) is 2. The molecular weight excluding hydrogens is 212 g/mol. The molecule has 0 saturated carbocycles. The highest BCUT2D eigenvalue weighted by atomic mass is 16.5. The molecule has 0 spiro atoms. The number of hydrogen-bond acceptors (Lipinski definition) is 3. The van der Waals surface area contributed by atoms with Gasteiger partial charge in [0.05, 0.1) is 6.10 Å². The van der Waals surface area contributed by atoms with Crippen LogP contribution in [0.25, 0.3) is 0 Å². The van der Waals surface area contributed by atoms with Crippen LogP contribution in [0, 0.1) is 5.41 Å². The van der Waals surface area contributed by atoms with Crippen LogP contribution in [-0.2, 0) is 4.74 Å². The van der Waals surface area contributed by atoms with Crippen LogP contribution in [0.15, 0.2) is 0 Å². The molecule has 0 bridgehead atoms. The first-order chi connectivity index (χ1) is 8.18. The fourth-order valence-corrected chi connectivity index (χ4v) is 2.98. The van der Waals surface area contributed by atoms with Crippen molar-refractivity contribution >= 4 is 0 Å². The number of piperidine rings is 1. The van der Waals surface area contributed by atoms with Gasteiger partial charge < -0.3 is 15.4 Å². The summed E-state index contributed by atoms with van der Waals surface area (Å²) in [7, 11) is 0. The molecule has 0 aliphatic carbocycles. The largest absolute Gasteiger partial charge is 0.377 e. The second-order valence-corrected chi connectivity index (χ2v) is 6.25. The molecule has 2 fully saturated rings. The molecule has 0 radical (unpaired) electrons. The van der Waals surface area contributed by atoms with Crippen LogP contribution in [0.3, 0.4) is 0 Å². The normalized spacial score (nSPS) is 33.5. The van der Waals surface area contributed by atoms with E-state index in [0.29, 0.717) is 17.6 Å². The lowest BCUT2D eigenvalue weighted by Crippen LogP contribution is -2.52. The maximum Gasteiger partial charge on any atom is 0.0699 e. The predicted octanol–water partition coefficient (Wildman–Crippen LogP) is 1.92. The second kappa shape index (κ2) is 6.17. The molecule has 2 aliphatic rings. The number of rotatable bonds is 4. The van der Waals surface area contributed by atoms with Crippen LogP contribution in [0.5, 0.6) is 0 Å². The van der Waals surface area contributed by atoms with E-state index < -0.39 is 0 Å². The van der Waals surface area contributed by atoms with E-state index in [1.807, 2.05) is 0 Å². The van der Waals surface area contributed by atoms with Crippen molar-refractivity contribution in [3.05, 3.63) is 0 Å². The lowest BCUT2D eigenvalue weighted by atomic mass is 9.77. The predicted molar refractivity (Wildman–Crippen MR) is 71.3 cm³/mol. The summed E-state index contributed by atoms with van der Waals surface area (Å²) in [5, 5.41) is 7.24. The Morgan fingerprint density at radius 3 is 2.82 bits per heavy atom. The Balaban J connectivity index is 1.66. The lowest BCUT2D eigenvalue weighted by molar-refractivity contribution is 0.0157. The third-order valence-corrected chi connectivity index (χ3v) is 4.33. The van der Waals surface area contributed by atoms with Gasteiger partial charge in [-0.2, -0.15) is 0 Å². The zero-order valence-electron chi connectivity index (χ0n) is 11.4. The van der Waals surface area contributed by atoms with Crippen LogP contribution >= 0.6 is 0 Å². The van der Waals surface area contributed by atoms with Crippen LogP contribution in [-0.4, -0.2) is 38.4 Å². The molecule has 0 aromatic heterocycles. The standard InChI is InChI=1S/C14H28N2O/c1-14(2)7-5-8-16-13(14)11-15-10-12-6-3-4-9-17-12/h12-13,15-16H,3-11H2,1-2H3. The third kappa shape index (κ3) is 3.94. The highest BCUT2D eigenvalue weighted by Crippen LogP contribution is 2.29. The Bertz CT molecular complexity index is 224. The summed E-state index contributed by atoms with van der Waals surface area (Å²) < 4.78 is 5.74. The first kappa shape index (κ1) is 13.3. The fraction of sp³-hybridized carbons (Fsp3) is 1.00. The summed E-state index contributed by atoms with van der Waals surface area (Å²) in [5.74, 6) is 0. The minimum absolute atomic E-state index is 0.429. The first-order valence-electron chi connectivity index (χ1n) is 7.24. The van der Waals surface area contributed by atoms with E-state index in [9.17, 15) is 0 Å². The molecule has 0 aromatic rings. The zero-order valence-corrected chi connectivity index (χ0v) is 11.4. The van der Waals surface area contributed by atoms with Gasteiger partial charge in [0.2, 0.25) is 0 Å². The van der Waals surface area contributed by atoms with Crippen molar-refractivity contribution in [3.63, 3.8) is 0 Å². The van der Waals surface area contributed by atoms with Crippen molar-refractivity contribution in [1.82, 2.24) is 10.6 Å². The average molecular weight is 240 g/mol. The average Bonchev–Trinajstić information content (AvgIpc) is 2.32. The van der Waals surface area contributed by atoms with Crippen LogP contribution in [0.1, 0.15) is 46.0 Å². The molecule has 3 nitrogen and oxygen atoms in total. The van der Waals surface area contributed by atoms with E-state index in [1.165, 1.54) is 38.6 Å². The van der Waals surface area contributed by atoms with Crippen molar-refractivity contribution in [2.45, 2.75) is 58.1 Å². The lowest BCUT2D eigenvalue weighted by Gasteiger charge is -2.40. The molecule has 2 heterocycles. The van der Waals surface area contributed by atoms with Gasteiger partial charge in [0, 0.05) is 25.7 Å². The van der Waals surface area contributed by atoms with Gasteiger partial charge in [-0.15, -0.1) is 0 Å². The summed E-state index contributed by atoms with van der Waals surface area (Å²) in [6.45, 7) is 8.99. The zero-order chi connectivity index (χ0) is 12.1. The van der Waals surface area contributed by atoms with Gasteiger partial charge >= 0.3 is 0 Å². The van der Waals surface area contributed by atoms with Gasteiger partial charge in [-0.1, -0.05) is 13.8 Å². The van der Waals surface area contributed by atoms with E-state index in [1.54, 1.807) is 0 Å². The maximum absolute atomic E-state index is 5.74. The minimum Gasteiger partial charge on any atom is -0.377 e. The molecule has 2 rings (SSSR count). The van der Waals surface area contributed by atoms with Crippen LogP contribution in [0.2, 0.25) is 0 Å². The highest BCUT2D eigenvalue weighted by molar-refractivity contribution is 4.89. The van der Waals surface area contributed by atoms with E-state index in [4.69, 9.17) is 4.74 Å². The van der Waals surface area contributed by atoms with Gasteiger partial charge in [-0.3, -0.25) is 0 Å². The molecular formula is C14H28N2O. The number of ether oxygens (including phenoxy) is 1. The smallest absolute Gasteiger partial charge is 0.0699 e. The van der Waals surface area contributed by atoms with E-state index in [0.717, 1.165) is 19.7 Å². The molecule has 2 unspecified atom stereocenters. The first-order valence-corrected chi connectivity index (χ1v) is 7.24. The Morgan fingerprint density at radius 1 is 1.24 bits per heavy atom. The maximum atomic E-state index is 5.74. The Hall–Kier alpha value is -0.120. The summed E-state index contributed by atoms with van der Waals surface area (Å²) in [4.78, 5) is 0. The molecule has 0 aromatic carbocycles. The van der Waals surface area contributed by atoms with E-state index in [-0.39, 0.29) is 0 Å². The van der Waals surface area contributed by atoms with Crippen LogP contribution in [0.4, 0.5) is 0 Å². The number of nitrogens with one attached hydrogen (secondary N) is 2. The van der Waals surface area contributed by atoms with Crippen molar-refractivity contribution in [2.75, 3.05) is 26.2 Å². The molecule has 2 saturated heterocycles. The molecule has 2 atom stereocenters. The van der Waals surface area contributed by atoms with Crippen LogP contribution < -0.4 is 10.6 Å². The van der Waals surface area contributed by atoms with Gasteiger partial charge in [0.15, 0.2) is 0 Å². The molecule has 3 heteroatoms. The minimum atomic E-state index is 0.429. The van der Waals surface area contributed by atoms with Crippen molar-refractivity contribution in [2.24, 2.45) is 5.41 Å². The van der Waals surface area contributed by atoms with Gasteiger partial charge in [-0.05, 0) is 44.1 Å². The molecule has 100 valence electrons. The van der Waals surface area contributed by atoms with Crippen molar-refractivity contribution < 1.29 is 4.74 Å². The van der Waals surface area contributed by atoms with Gasteiger partial charge in [0.1, 0.15) is 0 Å². The molecule has 0 amide bonds. The molecule has 2 aliphatic heterocycles. The highest BCUT2D eigenvalue weighted by Gasteiger charge is 2.31. The Labute approximate surface area is 106 Å².